The Kier molecular flexibility index (Phi) is 4.76. The summed E-state index contributed by atoms with van der Waals surface area (Å²) in [4.78, 5) is 12.7. The Morgan fingerprint density at radius 3 is 2.53 bits per heavy atom. The quantitative estimate of drug-likeness (QED) is 0.764. The molecule has 1 aliphatic rings. The predicted octanol–water partition coefficient (Wildman–Crippen LogP) is 0.463. The van der Waals surface area contributed by atoms with Gasteiger partial charge in [0.15, 0.2) is 0 Å². The van der Waals surface area contributed by atoms with Gasteiger partial charge in [0.05, 0.1) is 12.0 Å². The molecule has 1 rings (SSSR count). The number of carbonyl (C=O) groups is 1. The van der Waals surface area contributed by atoms with E-state index in [2.05, 4.69) is 0 Å². The van der Waals surface area contributed by atoms with E-state index < -0.39 is 30.6 Å². The van der Waals surface area contributed by atoms with Crippen LogP contribution >= 0.6 is 0 Å². The number of rotatable bonds is 4. The smallest absolute Gasteiger partial charge is 0.368 e. The molecule has 4 nitrogen and oxygen atoms in total. The summed E-state index contributed by atoms with van der Waals surface area (Å²) in [6.45, 7) is -0.237. The van der Waals surface area contributed by atoms with Crippen molar-refractivity contribution in [2.75, 3.05) is 19.6 Å². The first-order valence-corrected chi connectivity index (χ1v) is 5.66. The summed E-state index contributed by atoms with van der Waals surface area (Å²) in [5, 5.41) is 0. The van der Waals surface area contributed by atoms with Gasteiger partial charge in [-0.05, 0) is 19.4 Å². The van der Waals surface area contributed by atoms with E-state index in [4.69, 9.17) is 11.5 Å². The molecule has 0 bridgehead atoms. The summed E-state index contributed by atoms with van der Waals surface area (Å²) in [5.41, 5.74) is 10.3. The van der Waals surface area contributed by atoms with Gasteiger partial charge in [0.2, 0.25) is 5.91 Å². The molecular formula is C10H18F3N3O. The van der Waals surface area contributed by atoms with E-state index in [0.29, 0.717) is 13.0 Å². The van der Waals surface area contributed by atoms with Crippen LogP contribution < -0.4 is 11.5 Å². The largest absolute Gasteiger partial charge is 0.394 e. The van der Waals surface area contributed by atoms with Crippen LogP contribution in [-0.4, -0.2) is 42.7 Å². The third-order valence-electron chi connectivity index (χ3n) is 3.14. The molecule has 0 radical (unpaired) electrons. The summed E-state index contributed by atoms with van der Waals surface area (Å²) < 4.78 is 37.7. The molecule has 0 aliphatic carbocycles. The first-order chi connectivity index (χ1) is 7.86. The number of carbonyl (C=O) groups excluding carboxylic acids is 1. The number of halogens is 3. The van der Waals surface area contributed by atoms with E-state index >= 15 is 0 Å². The van der Waals surface area contributed by atoms with E-state index in [1.165, 1.54) is 4.90 Å². The topological polar surface area (TPSA) is 72.3 Å². The number of piperidine rings is 1. The van der Waals surface area contributed by atoms with Gasteiger partial charge < -0.3 is 11.5 Å². The summed E-state index contributed by atoms with van der Waals surface area (Å²) >= 11 is 0. The molecule has 1 heterocycles. The SMILES string of the molecule is NCC(CN1CCCCC1C(N)=O)C(F)(F)F. The molecule has 0 spiro atoms. The number of hydrogen-bond acceptors (Lipinski definition) is 3. The van der Waals surface area contributed by atoms with Crippen LogP contribution in [0.1, 0.15) is 19.3 Å². The Bertz CT molecular complexity index is 270. The molecule has 100 valence electrons. The molecule has 1 fully saturated rings. The number of likely N-dealkylation sites (tertiary alicyclic amines) is 1. The monoisotopic (exact) mass is 253 g/mol. The second-order valence-corrected chi connectivity index (χ2v) is 4.38. The predicted molar refractivity (Wildman–Crippen MR) is 57.0 cm³/mol. The molecule has 4 N–H and O–H groups in total. The average Bonchev–Trinajstić information content (AvgIpc) is 2.24. The molecule has 0 saturated carbocycles. The average molecular weight is 253 g/mol. The van der Waals surface area contributed by atoms with Crippen LogP contribution in [0.15, 0.2) is 0 Å². The van der Waals surface area contributed by atoms with E-state index in [-0.39, 0.29) is 6.54 Å². The number of hydrogen-bond donors (Lipinski definition) is 2. The standard InChI is InChI=1S/C10H18F3N3O/c11-10(12,13)7(5-14)6-16-4-2-1-3-8(16)9(15)17/h7-8H,1-6,14H2,(H2,15,17). The fourth-order valence-electron chi connectivity index (χ4n) is 2.13. The minimum absolute atomic E-state index is 0.242. The second kappa shape index (κ2) is 5.68. The third kappa shape index (κ3) is 3.85. The minimum Gasteiger partial charge on any atom is -0.368 e. The van der Waals surface area contributed by atoms with Crippen molar-refractivity contribution in [3.05, 3.63) is 0 Å². The van der Waals surface area contributed by atoms with Gasteiger partial charge in [-0.15, -0.1) is 0 Å². The molecule has 0 aromatic carbocycles. The van der Waals surface area contributed by atoms with E-state index in [0.717, 1.165) is 12.8 Å². The summed E-state index contributed by atoms with van der Waals surface area (Å²) in [6, 6.07) is -0.583. The maximum absolute atomic E-state index is 12.6. The Morgan fingerprint density at radius 2 is 2.06 bits per heavy atom. The van der Waals surface area contributed by atoms with Crippen LogP contribution in [0.3, 0.4) is 0 Å². The number of primary amides is 1. The number of nitrogens with zero attached hydrogens (tertiary/aromatic N) is 1. The lowest BCUT2D eigenvalue weighted by atomic mass is 9.99. The highest BCUT2D eigenvalue weighted by Crippen LogP contribution is 2.28. The molecule has 2 unspecified atom stereocenters. The van der Waals surface area contributed by atoms with Crippen molar-refractivity contribution in [2.24, 2.45) is 17.4 Å². The molecule has 1 aliphatic heterocycles. The van der Waals surface area contributed by atoms with Crippen LogP contribution in [0.5, 0.6) is 0 Å². The van der Waals surface area contributed by atoms with Crippen molar-refractivity contribution in [2.45, 2.75) is 31.5 Å². The highest BCUT2D eigenvalue weighted by molar-refractivity contribution is 5.79. The molecule has 1 saturated heterocycles. The van der Waals surface area contributed by atoms with Gasteiger partial charge in [0.1, 0.15) is 0 Å². The Balaban J connectivity index is 2.66. The van der Waals surface area contributed by atoms with Crippen molar-refractivity contribution in [1.29, 1.82) is 0 Å². The zero-order valence-electron chi connectivity index (χ0n) is 9.54. The van der Waals surface area contributed by atoms with Gasteiger partial charge in [-0.3, -0.25) is 9.69 Å². The Labute approximate surface area is 98.1 Å². The zero-order chi connectivity index (χ0) is 13.1. The van der Waals surface area contributed by atoms with Crippen molar-refractivity contribution >= 4 is 5.91 Å². The maximum atomic E-state index is 12.6. The molecule has 2 atom stereocenters. The van der Waals surface area contributed by atoms with Crippen LogP contribution in [0.2, 0.25) is 0 Å². The van der Waals surface area contributed by atoms with Crippen molar-refractivity contribution in [1.82, 2.24) is 4.90 Å². The van der Waals surface area contributed by atoms with Crippen LogP contribution in [0, 0.1) is 5.92 Å². The molecule has 7 heteroatoms. The molecule has 1 amide bonds. The van der Waals surface area contributed by atoms with Gasteiger partial charge in [0, 0.05) is 13.1 Å². The lowest BCUT2D eigenvalue weighted by Crippen LogP contribution is -2.52. The third-order valence-corrected chi connectivity index (χ3v) is 3.14. The fraction of sp³-hybridized carbons (Fsp3) is 0.900. The van der Waals surface area contributed by atoms with Gasteiger partial charge in [-0.25, -0.2) is 0 Å². The van der Waals surface area contributed by atoms with Gasteiger partial charge >= 0.3 is 6.18 Å². The molecular weight excluding hydrogens is 235 g/mol. The lowest BCUT2D eigenvalue weighted by Gasteiger charge is -2.36. The normalized spacial score (nSPS) is 24.6. The minimum atomic E-state index is -4.33. The first kappa shape index (κ1) is 14.2. The van der Waals surface area contributed by atoms with Crippen LogP contribution in [-0.2, 0) is 4.79 Å². The van der Waals surface area contributed by atoms with Crippen molar-refractivity contribution in [3.63, 3.8) is 0 Å². The molecule has 0 aromatic rings. The van der Waals surface area contributed by atoms with Crippen molar-refractivity contribution in [3.8, 4) is 0 Å². The maximum Gasteiger partial charge on any atom is 0.394 e. The summed E-state index contributed by atoms with van der Waals surface area (Å²) in [7, 11) is 0. The van der Waals surface area contributed by atoms with Crippen LogP contribution in [0.4, 0.5) is 13.2 Å². The zero-order valence-corrected chi connectivity index (χ0v) is 9.54. The number of nitrogens with two attached hydrogens (primary N) is 2. The molecule has 0 aromatic heterocycles. The van der Waals surface area contributed by atoms with Gasteiger partial charge in [-0.1, -0.05) is 6.42 Å². The van der Waals surface area contributed by atoms with E-state index in [1.54, 1.807) is 0 Å². The number of alkyl halides is 3. The van der Waals surface area contributed by atoms with Crippen LogP contribution in [0.25, 0.3) is 0 Å². The fourth-order valence-corrected chi connectivity index (χ4v) is 2.13. The summed E-state index contributed by atoms with van der Waals surface area (Å²) in [5.74, 6) is -2.15. The first-order valence-electron chi connectivity index (χ1n) is 5.66. The van der Waals surface area contributed by atoms with Gasteiger partial charge in [0.25, 0.3) is 0 Å². The van der Waals surface area contributed by atoms with Crippen molar-refractivity contribution < 1.29 is 18.0 Å². The molecule has 17 heavy (non-hydrogen) atoms. The Hall–Kier alpha value is -0.820. The van der Waals surface area contributed by atoms with E-state index in [1.807, 2.05) is 0 Å². The number of amides is 1. The highest BCUT2D eigenvalue weighted by atomic mass is 19.4. The highest BCUT2D eigenvalue weighted by Gasteiger charge is 2.41. The Morgan fingerprint density at radius 1 is 1.41 bits per heavy atom. The lowest BCUT2D eigenvalue weighted by molar-refractivity contribution is -0.179. The van der Waals surface area contributed by atoms with Gasteiger partial charge in [-0.2, -0.15) is 13.2 Å². The summed E-state index contributed by atoms with van der Waals surface area (Å²) in [6.07, 6.45) is -2.18. The van der Waals surface area contributed by atoms with E-state index in [9.17, 15) is 18.0 Å². The second-order valence-electron chi connectivity index (χ2n) is 4.38.